The summed E-state index contributed by atoms with van der Waals surface area (Å²) < 4.78 is 0. The highest BCUT2D eigenvalue weighted by atomic mass is 14.9. The van der Waals surface area contributed by atoms with E-state index >= 15 is 0 Å². The van der Waals surface area contributed by atoms with Gasteiger partial charge >= 0.3 is 0 Å². The zero-order chi connectivity index (χ0) is 13.4. The van der Waals surface area contributed by atoms with Gasteiger partial charge in [0.25, 0.3) is 0 Å². The van der Waals surface area contributed by atoms with Crippen LogP contribution in [0, 0.1) is 12.8 Å². The van der Waals surface area contributed by atoms with Crippen LogP contribution in [0.1, 0.15) is 50.7 Å². The first kappa shape index (κ1) is 15.2. The van der Waals surface area contributed by atoms with Gasteiger partial charge in [-0.1, -0.05) is 56.5 Å². The van der Waals surface area contributed by atoms with Crippen LogP contribution in [0.2, 0.25) is 0 Å². The van der Waals surface area contributed by atoms with Crippen molar-refractivity contribution < 1.29 is 0 Å². The second-order valence-electron chi connectivity index (χ2n) is 5.43. The van der Waals surface area contributed by atoms with Crippen molar-refractivity contribution >= 4 is 0 Å². The van der Waals surface area contributed by atoms with Crippen molar-refractivity contribution in [3.63, 3.8) is 0 Å². The van der Waals surface area contributed by atoms with Gasteiger partial charge in [0.15, 0.2) is 0 Å². The Balaban J connectivity index is 2.41. The molecule has 0 aliphatic carbocycles. The average Bonchev–Trinajstić information content (AvgIpc) is 2.41. The van der Waals surface area contributed by atoms with Crippen molar-refractivity contribution in [3.05, 3.63) is 35.4 Å². The molecule has 0 aromatic heterocycles. The van der Waals surface area contributed by atoms with Gasteiger partial charge in [0, 0.05) is 6.04 Å². The second kappa shape index (κ2) is 8.31. The van der Waals surface area contributed by atoms with Crippen molar-refractivity contribution in [2.75, 3.05) is 7.05 Å². The van der Waals surface area contributed by atoms with Crippen molar-refractivity contribution in [3.8, 4) is 0 Å². The monoisotopic (exact) mass is 247 g/mol. The Bertz CT molecular complexity index is 311. The molecule has 0 aliphatic heterocycles. The maximum absolute atomic E-state index is 3.48. The Labute approximate surface area is 113 Å². The van der Waals surface area contributed by atoms with Gasteiger partial charge in [-0.05, 0) is 44.7 Å². The number of nitrogens with one attached hydrogen (secondary N) is 1. The zero-order valence-electron chi connectivity index (χ0n) is 12.5. The summed E-state index contributed by atoms with van der Waals surface area (Å²) in [6.07, 6.45) is 6.36. The minimum absolute atomic E-state index is 0.663. The molecule has 1 atom stereocenters. The van der Waals surface area contributed by atoms with E-state index in [1.54, 1.807) is 0 Å². The van der Waals surface area contributed by atoms with Crippen LogP contribution in [0.3, 0.4) is 0 Å². The van der Waals surface area contributed by atoms with Gasteiger partial charge in [-0.15, -0.1) is 0 Å². The maximum Gasteiger partial charge on any atom is 0.00698 e. The molecule has 102 valence electrons. The van der Waals surface area contributed by atoms with E-state index in [-0.39, 0.29) is 0 Å². The molecule has 1 nitrogen and oxygen atoms in total. The molecule has 1 N–H and O–H groups in total. The van der Waals surface area contributed by atoms with Crippen LogP contribution >= 0.6 is 0 Å². The minimum Gasteiger partial charge on any atom is -0.317 e. The molecule has 0 fully saturated rings. The predicted molar refractivity (Wildman–Crippen MR) is 81.0 cm³/mol. The first-order valence-corrected chi connectivity index (χ1v) is 7.42. The first-order valence-electron chi connectivity index (χ1n) is 7.42. The third-order valence-electron chi connectivity index (χ3n) is 4.08. The molecule has 0 bridgehead atoms. The van der Waals surface area contributed by atoms with Gasteiger partial charge in [-0.2, -0.15) is 0 Å². The molecular formula is C17H29N. The van der Waals surface area contributed by atoms with E-state index in [1.165, 1.54) is 43.2 Å². The van der Waals surface area contributed by atoms with Crippen molar-refractivity contribution in [1.29, 1.82) is 0 Å². The van der Waals surface area contributed by atoms with Gasteiger partial charge in [-0.25, -0.2) is 0 Å². The molecule has 1 aromatic rings. The Morgan fingerprint density at radius 2 is 1.67 bits per heavy atom. The van der Waals surface area contributed by atoms with Crippen LogP contribution < -0.4 is 5.32 Å². The SMILES string of the molecule is CCC(CC)CC(CCc1ccc(C)cc1)NC. The number of aryl methyl sites for hydroxylation is 2. The van der Waals surface area contributed by atoms with Crippen LogP contribution in [0.5, 0.6) is 0 Å². The molecule has 0 amide bonds. The van der Waals surface area contributed by atoms with Crippen molar-refractivity contribution in [1.82, 2.24) is 5.32 Å². The molecular weight excluding hydrogens is 218 g/mol. The lowest BCUT2D eigenvalue weighted by Crippen LogP contribution is -2.28. The molecule has 0 spiro atoms. The zero-order valence-corrected chi connectivity index (χ0v) is 12.5. The van der Waals surface area contributed by atoms with E-state index in [0.717, 1.165) is 5.92 Å². The summed E-state index contributed by atoms with van der Waals surface area (Å²) in [4.78, 5) is 0. The number of benzene rings is 1. The number of rotatable bonds is 8. The highest BCUT2D eigenvalue weighted by Crippen LogP contribution is 2.18. The third-order valence-corrected chi connectivity index (χ3v) is 4.08. The summed E-state index contributed by atoms with van der Waals surface area (Å²) in [5.41, 5.74) is 2.81. The molecule has 0 heterocycles. The fraction of sp³-hybridized carbons (Fsp3) is 0.647. The van der Waals surface area contributed by atoms with Gasteiger partial charge < -0.3 is 5.32 Å². The molecule has 1 aromatic carbocycles. The maximum atomic E-state index is 3.48. The molecule has 18 heavy (non-hydrogen) atoms. The fourth-order valence-corrected chi connectivity index (χ4v) is 2.50. The van der Waals surface area contributed by atoms with E-state index in [0.29, 0.717) is 6.04 Å². The Hall–Kier alpha value is -0.820. The van der Waals surface area contributed by atoms with E-state index in [1.807, 2.05) is 0 Å². The van der Waals surface area contributed by atoms with Crippen LogP contribution in [0.4, 0.5) is 0 Å². The van der Waals surface area contributed by atoms with Gasteiger partial charge in [-0.3, -0.25) is 0 Å². The molecule has 0 saturated heterocycles. The summed E-state index contributed by atoms with van der Waals surface area (Å²) >= 11 is 0. The van der Waals surface area contributed by atoms with Crippen LogP contribution in [0.25, 0.3) is 0 Å². The minimum atomic E-state index is 0.663. The Kier molecular flexibility index (Phi) is 7.04. The fourth-order valence-electron chi connectivity index (χ4n) is 2.50. The van der Waals surface area contributed by atoms with Crippen LogP contribution in [0.15, 0.2) is 24.3 Å². The molecule has 0 radical (unpaired) electrons. The number of hydrogen-bond acceptors (Lipinski definition) is 1. The Morgan fingerprint density at radius 1 is 1.06 bits per heavy atom. The molecule has 1 rings (SSSR count). The summed E-state index contributed by atoms with van der Waals surface area (Å²) in [6.45, 7) is 6.76. The van der Waals surface area contributed by atoms with Gasteiger partial charge in [0.1, 0.15) is 0 Å². The molecule has 1 unspecified atom stereocenters. The highest BCUT2D eigenvalue weighted by Gasteiger charge is 2.12. The van der Waals surface area contributed by atoms with E-state index in [4.69, 9.17) is 0 Å². The predicted octanol–water partition coefficient (Wildman–Crippen LogP) is 4.34. The van der Waals surface area contributed by atoms with E-state index in [9.17, 15) is 0 Å². The van der Waals surface area contributed by atoms with Crippen molar-refractivity contribution in [2.45, 2.75) is 58.9 Å². The standard InChI is InChI=1S/C17H29N/c1-5-15(6-2)13-17(18-4)12-11-16-9-7-14(3)8-10-16/h7-10,15,17-18H,5-6,11-13H2,1-4H3. The summed E-state index contributed by atoms with van der Waals surface area (Å²) in [7, 11) is 2.10. The van der Waals surface area contributed by atoms with Crippen molar-refractivity contribution in [2.24, 2.45) is 5.92 Å². The normalized spacial score (nSPS) is 12.9. The van der Waals surface area contributed by atoms with E-state index < -0.39 is 0 Å². The lowest BCUT2D eigenvalue weighted by Gasteiger charge is -2.21. The smallest absolute Gasteiger partial charge is 0.00698 e. The molecule has 0 aliphatic rings. The first-order chi connectivity index (χ1) is 8.69. The lowest BCUT2D eigenvalue weighted by molar-refractivity contribution is 0.366. The van der Waals surface area contributed by atoms with Crippen LogP contribution in [-0.2, 0) is 6.42 Å². The van der Waals surface area contributed by atoms with Crippen LogP contribution in [-0.4, -0.2) is 13.1 Å². The highest BCUT2D eigenvalue weighted by molar-refractivity contribution is 5.21. The Morgan fingerprint density at radius 3 is 2.17 bits per heavy atom. The topological polar surface area (TPSA) is 12.0 Å². The third kappa shape index (κ3) is 5.22. The summed E-state index contributed by atoms with van der Waals surface area (Å²) in [5, 5.41) is 3.48. The lowest BCUT2D eigenvalue weighted by atomic mass is 9.92. The second-order valence-corrected chi connectivity index (χ2v) is 5.43. The quantitative estimate of drug-likeness (QED) is 0.720. The summed E-state index contributed by atoms with van der Waals surface area (Å²) in [5.74, 6) is 0.875. The molecule has 0 saturated carbocycles. The summed E-state index contributed by atoms with van der Waals surface area (Å²) in [6, 6.07) is 9.62. The average molecular weight is 247 g/mol. The van der Waals surface area contributed by atoms with E-state index in [2.05, 4.69) is 57.4 Å². The molecule has 1 heteroatoms. The van der Waals surface area contributed by atoms with Gasteiger partial charge in [0.05, 0.1) is 0 Å². The largest absolute Gasteiger partial charge is 0.317 e. The van der Waals surface area contributed by atoms with Gasteiger partial charge in [0.2, 0.25) is 0 Å². The number of hydrogen-bond donors (Lipinski definition) is 1.